The predicted molar refractivity (Wildman–Crippen MR) is 81.4 cm³/mol. The number of hydrogen-bond donors (Lipinski definition) is 1. The van der Waals surface area contributed by atoms with Crippen molar-refractivity contribution in [3.8, 4) is 0 Å². The van der Waals surface area contributed by atoms with Gasteiger partial charge in [-0.3, -0.25) is 4.72 Å². The van der Waals surface area contributed by atoms with Gasteiger partial charge >= 0.3 is 0 Å². The standard InChI is InChI=1S/C12H8BrCl2NO2S/c13-8-4-1-2-7-11(8)19(17,18)16-10-6-3-5-9(14)12(10)15/h1-7,16H. The van der Waals surface area contributed by atoms with Gasteiger partial charge in [-0.25, -0.2) is 8.42 Å². The molecule has 0 saturated heterocycles. The minimum atomic E-state index is -3.72. The van der Waals surface area contributed by atoms with E-state index in [1.165, 1.54) is 6.07 Å². The van der Waals surface area contributed by atoms with Gasteiger partial charge in [0.2, 0.25) is 0 Å². The second kappa shape index (κ2) is 5.71. The van der Waals surface area contributed by atoms with Gasteiger partial charge < -0.3 is 0 Å². The molecule has 2 rings (SSSR count). The van der Waals surface area contributed by atoms with Crippen molar-refractivity contribution in [2.75, 3.05) is 4.72 Å². The quantitative estimate of drug-likeness (QED) is 0.848. The van der Waals surface area contributed by atoms with E-state index in [2.05, 4.69) is 20.7 Å². The molecule has 0 fully saturated rings. The van der Waals surface area contributed by atoms with Crippen molar-refractivity contribution in [2.45, 2.75) is 4.90 Å². The smallest absolute Gasteiger partial charge is 0.263 e. The predicted octanol–water partition coefficient (Wildman–Crippen LogP) is 4.56. The summed E-state index contributed by atoms with van der Waals surface area (Å²) in [5.74, 6) is 0. The number of rotatable bonds is 3. The Kier molecular flexibility index (Phi) is 4.40. The maximum absolute atomic E-state index is 12.2. The molecular weight excluding hydrogens is 373 g/mol. The van der Waals surface area contributed by atoms with Crippen LogP contribution in [0.1, 0.15) is 0 Å². The van der Waals surface area contributed by atoms with Crippen LogP contribution in [0.2, 0.25) is 10.0 Å². The van der Waals surface area contributed by atoms with Crippen LogP contribution < -0.4 is 4.72 Å². The zero-order valence-corrected chi connectivity index (χ0v) is 13.3. The zero-order chi connectivity index (χ0) is 14.0. The molecule has 0 aliphatic heterocycles. The van der Waals surface area contributed by atoms with Gasteiger partial charge in [-0.15, -0.1) is 0 Å². The summed E-state index contributed by atoms with van der Waals surface area (Å²) in [4.78, 5) is 0.131. The average Bonchev–Trinajstić information content (AvgIpc) is 2.35. The molecule has 0 amide bonds. The maximum Gasteiger partial charge on any atom is 0.263 e. The highest BCUT2D eigenvalue weighted by atomic mass is 79.9. The molecule has 0 radical (unpaired) electrons. The van der Waals surface area contributed by atoms with Crippen LogP contribution >= 0.6 is 39.1 Å². The van der Waals surface area contributed by atoms with Crippen LogP contribution in [0.5, 0.6) is 0 Å². The van der Waals surface area contributed by atoms with Crippen LogP contribution in [-0.4, -0.2) is 8.42 Å². The highest BCUT2D eigenvalue weighted by molar-refractivity contribution is 9.10. The Morgan fingerprint density at radius 3 is 2.37 bits per heavy atom. The molecule has 0 aromatic heterocycles. The van der Waals surface area contributed by atoms with Crippen molar-refractivity contribution in [2.24, 2.45) is 0 Å². The molecule has 100 valence electrons. The van der Waals surface area contributed by atoms with E-state index in [-0.39, 0.29) is 20.6 Å². The SMILES string of the molecule is O=S(=O)(Nc1cccc(Cl)c1Cl)c1ccccc1Br. The lowest BCUT2D eigenvalue weighted by atomic mass is 10.3. The van der Waals surface area contributed by atoms with Crippen LogP contribution in [0.15, 0.2) is 51.8 Å². The number of benzene rings is 2. The first kappa shape index (κ1) is 14.7. The molecular formula is C12H8BrCl2NO2S. The summed E-state index contributed by atoms with van der Waals surface area (Å²) >= 11 is 15.0. The van der Waals surface area contributed by atoms with Gasteiger partial charge in [0.05, 0.1) is 15.7 Å². The van der Waals surface area contributed by atoms with E-state index in [9.17, 15) is 8.42 Å². The Morgan fingerprint density at radius 1 is 1.00 bits per heavy atom. The molecule has 2 aromatic rings. The lowest BCUT2D eigenvalue weighted by Crippen LogP contribution is -2.13. The lowest BCUT2D eigenvalue weighted by molar-refractivity contribution is 0.601. The fourth-order valence-corrected chi connectivity index (χ4v) is 3.92. The number of hydrogen-bond acceptors (Lipinski definition) is 2. The Labute approximate surface area is 129 Å². The van der Waals surface area contributed by atoms with Crippen LogP contribution in [0.25, 0.3) is 0 Å². The summed E-state index contributed by atoms with van der Waals surface area (Å²) in [6.07, 6.45) is 0. The van der Waals surface area contributed by atoms with Gasteiger partial charge in [-0.1, -0.05) is 41.4 Å². The maximum atomic E-state index is 12.2. The molecule has 0 atom stereocenters. The van der Waals surface area contributed by atoms with Crippen LogP contribution in [0.4, 0.5) is 5.69 Å². The molecule has 0 aliphatic carbocycles. The van der Waals surface area contributed by atoms with Gasteiger partial charge in [0.15, 0.2) is 0 Å². The molecule has 0 saturated carbocycles. The van der Waals surface area contributed by atoms with E-state index < -0.39 is 10.0 Å². The number of nitrogens with one attached hydrogen (secondary N) is 1. The summed E-state index contributed by atoms with van der Waals surface area (Å²) in [7, 11) is -3.72. The Morgan fingerprint density at radius 2 is 1.68 bits per heavy atom. The molecule has 0 unspecified atom stereocenters. The molecule has 2 aromatic carbocycles. The van der Waals surface area contributed by atoms with E-state index in [1.807, 2.05) is 0 Å². The molecule has 7 heteroatoms. The number of anilines is 1. The minimum Gasteiger partial charge on any atom is -0.278 e. The number of halogens is 3. The summed E-state index contributed by atoms with van der Waals surface area (Å²) in [6.45, 7) is 0. The Hall–Kier alpha value is -0.750. The Balaban J connectivity index is 2.43. The van der Waals surface area contributed by atoms with Gasteiger partial charge in [-0.05, 0) is 40.2 Å². The minimum absolute atomic E-state index is 0.131. The highest BCUT2D eigenvalue weighted by Crippen LogP contribution is 2.32. The first-order valence-corrected chi connectivity index (χ1v) is 8.16. The lowest BCUT2D eigenvalue weighted by Gasteiger charge is -2.11. The average molecular weight is 381 g/mol. The molecule has 19 heavy (non-hydrogen) atoms. The topological polar surface area (TPSA) is 46.2 Å². The van der Waals surface area contributed by atoms with E-state index in [4.69, 9.17) is 23.2 Å². The molecule has 0 heterocycles. The first-order valence-electron chi connectivity index (χ1n) is 5.13. The van der Waals surface area contributed by atoms with Gasteiger partial charge in [0.25, 0.3) is 10.0 Å². The van der Waals surface area contributed by atoms with Crippen LogP contribution in [-0.2, 0) is 10.0 Å². The van der Waals surface area contributed by atoms with Crippen molar-refractivity contribution in [1.29, 1.82) is 0 Å². The first-order chi connectivity index (χ1) is 8.92. The van der Waals surface area contributed by atoms with Gasteiger partial charge in [0.1, 0.15) is 4.90 Å². The van der Waals surface area contributed by atoms with Crippen molar-refractivity contribution < 1.29 is 8.42 Å². The van der Waals surface area contributed by atoms with Crippen LogP contribution in [0.3, 0.4) is 0 Å². The fraction of sp³-hybridized carbons (Fsp3) is 0. The van der Waals surface area contributed by atoms with Crippen molar-refractivity contribution in [1.82, 2.24) is 0 Å². The van der Waals surface area contributed by atoms with E-state index in [1.54, 1.807) is 36.4 Å². The van der Waals surface area contributed by atoms with Crippen molar-refractivity contribution >= 4 is 54.8 Å². The van der Waals surface area contributed by atoms with Gasteiger partial charge in [-0.2, -0.15) is 0 Å². The molecule has 0 bridgehead atoms. The molecule has 0 spiro atoms. The summed E-state index contributed by atoms with van der Waals surface area (Å²) in [5.41, 5.74) is 0.241. The van der Waals surface area contributed by atoms with Crippen molar-refractivity contribution in [3.63, 3.8) is 0 Å². The second-order valence-electron chi connectivity index (χ2n) is 3.64. The van der Waals surface area contributed by atoms with Crippen LogP contribution in [0, 0.1) is 0 Å². The third kappa shape index (κ3) is 3.23. The Bertz CT molecular complexity index is 719. The van der Waals surface area contributed by atoms with E-state index in [0.29, 0.717) is 4.47 Å². The molecule has 0 aliphatic rings. The monoisotopic (exact) mass is 379 g/mol. The normalized spacial score (nSPS) is 11.3. The number of sulfonamides is 1. The zero-order valence-electron chi connectivity index (χ0n) is 9.40. The summed E-state index contributed by atoms with van der Waals surface area (Å²) in [5, 5.41) is 0.453. The van der Waals surface area contributed by atoms with E-state index >= 15 is 0 Å². The second-order valence-corrected chi connectivity index (χ2v) is 6.93. The molecule has 1 N–H and O–H groups in total. The molecule has 3 nitrogen and oxygen atoms in total. The largest absolute Gasteiger partial charge is 0.278 e. The highest BCUT2D eigenvalue weighted by Gasteiger charge is 2.18. The summed E-state index contributed by atoms with van der Waals surface area (Å²) in [6, 6.07) is 11.3. The summed E-state index contributed by atoms with van der Waals surface area (Å²) < 4.78 is 27.4. The fourth-order valence-electron chi connectivity index (χ4n) is 1.45. The van der Waals surface area contributed by atoms with Gasteiger partial charge in [0, 0.05) is 4.47 Å². The van der Waals surface area contributed by atoms with E-state index in [0.717, 1.165) is 0 Å². The van der Waals surface area contributed by atoms with Crippen molar-refractivity contribution in [3.05, 3.63) is 57.0 Å². The third-order valence-corrected chi connectivity index (χ3v) is 5.52. The third-order valence-electron chi connectivity index (χ3n) is 2.32.